The Morgan fingerprint density at radius 3 is 3.23 bits per heavy atom. The van der Waals surface area contributed by atoms with Gasteiger partial charge in [-0.2, -0.15) is 5.26 Å². The lowest BCUT2D eigenvalue weighted by molar-refractivity contribution is 0.151. The minimum atomic E-state index is 0.408. The van der Waals surface area contributed by atoms with Gasteiger partial charge in [-0.05, 0) is 6.92 Å². The summed E-state index contributed by atoms with van der Waals surface area (Å²) in [6, 6.07) is 2.08. The largest absolute Gasteiger partial charge is 0.381 e. The lowest BCUT2D eigenvalue weighted by atomic mass is 10.4. The molecular formula is C9H12N2OS. The van der Waals surface area contributed by atoms with Crippen LogP contribution < -0.4 is 0 Å². The van der Waals surface area contributed by atoms with Crippen LogP contribution in [0.1, 0.15) is 17.6 Å². The van der Waals surface area contributed by atoms with Gasteiger partial charge in [0.05, 0.1) is 29.8 Å². The Morgan fingerprint density at radius 2 is 2.54 bits per heavy atom. The van der Waals surface area contributed by atoms with Gasteiger partial charge in [-0.25, -0.2) is 4.98 Å². The Hall–Kier alpha value is -0.920. The Labute approximate surface area is 82.0 Å². The zero-order chi connectivity index (χ0) is 9.52. The zero-order valence-electron chi connectivity index (χ0n) is 7.62. The van der Waals surface area contributed by atoms with Gasteiger partial charge in [0.2, 0.25) is 0 Å². The molecule has 3 nitrogen and oxygen atoms in total. The summed E-state index contributed by atoms with van der Waals surface area (Å²) in [6.07, 6.45) is 1.26. The molecule has 0 spiro atoms. The lowest BCUT2D eigenvalue weighted by Crippen LogP contribution is -1.97. The monoisotopic (exact) mass is 196 g/mol. The van der Waals surface area contributed by atoms with Crippen LogP contribution in [0.5, 0.6) is 0 Å². The molecule has 0 amide bonds. The summed E-state index contributed by atoms with van der Waals surface area (Å²) >= 11 is 1.60. The van der Waals surface area contributed by atoms with E-state index in [9.17, 15) is 0 Å². The van der Waals surface area contributed by atoms with Crippen molar-refractivity contribution in [2.45, 2.75) is 19.8 Å². The fourth-order valence-corrected chi connectivity index (χ4v) is 1.71. The van der Waals surface area contributed by atoms with Crippen LogP contribution in [0.4, 0.5) is 0 Å². The molecule has 0 saturated heterocycles. The molecule has 0 unspecified atom stereocenters. The van der Waals surface area contributed by atoms with Crippen LogP contribution in [-0.2, 0) is 17.6 Å². The summed E-state index contributed by atoms with van der Waals surface area (Å²) in [5.74, 6) is 0. The van der Waals surface area contributed by atoms with Gasteiger partial charge in [0.15, 0.2) is 0 Å². The van der Waals surface area contributed by atoms with Crippen molar-refractivity contribution in [3.05, 3.63) is 16.1 Å². The number of nitriles is 1. The van der Waals surface area contributed by atoms with Crippen molar-refractivity contribution in [3.8, 4) is 6.07 Å². The van der Waals surface area contributed by atoms with Crippen LogP contribution in [0.25, 0.3) is 0 Å². The Kier molecular flexibility index (Phi) is 4.44. The van der Waals surface area contributed by atoms with Crippen molar-refractivity contribution in [3.63, 3.8) is 0 Å². The molecule has 0 atom stereocenters. The van der Waals surface area contributed by atoms with Crippen LogP contribution in [0.3, 0.4) is 0 Å². The first-order chi connectivity index (χ1) is 6.36. The van der Waals surface area contributed by atoms with Gasteiger partial charge >= 0.3 is 0 Å². The molecule has 70 valence electrons. The molecule has 1 rings (SSSR count). The van der Waals surface area contributed by atoms with Gasteiger partial charge in [0.25, 0.3) is 0 Å². The summed E-state index contributed by atoms with van der Waals surface area (Å²) < 4.78 is 5.21. The second-order valence-electron chi connectivity index (χ2n) is 2.51. The maximum atomic E-state index is 8.43. The van der Waals surface area contributed by atoms with E-state index in [0.29, 0.717) is 6.42 Å². The number of aromatic nitrogens is 1. The third-order valence-corrected chi connectivity index (χ3v) is 2.48. The smallest absolute Gasteiger partial charge is 0.0951 e. The number of rotatable bonds is 5. The SMILES string of the molecule is CCOCCc1nc(CC#N)cs1. The summed E-state index contributed by atoms with van der Waals surface area (Å²) in [7, 11) is 0. The molecule has 0 fully saturated rings. The highest BCUT2D eigenvalue weighted by molar-refractivity contribution is 7.09. The fraction of sp³-hybridized carbons (Fsp3) is 0.556. The van der Waals surface area contributed by atoms with E-state index in [0.717, 1.165) is 30.3 Å². The second kappa shape index (κ2) is 5.68. The maximum Gasteiger partial charge on any atom is 0.0951 e. The van der Waals surface area contributed by atoms with Crippen LogP contribution in [0.15, 0.2) is 5.38 Å². The van der Waals surface area contributed by atoms with E-state index in [1.165, 1.54) is 0 Å². The molecule has 0 saturated carbocycles. The second-order valence-corrected chi connectivity index (χ2v) is 3.46. The molecular weight excluding hydrogens is 184 g/mol. The van der Waals surface area contributed by atoms with Crippen molar-refractivity contribution in [1.29, 1.82) is 5.26 Å². The normalized spacial score (nSPS) is 9.85. The molecule has 0 aromatic carbocycles. The van der Waals surface area contributed by atoms with Crippen molar-refractivity contribution < 1.29 is 4.74 Å². The van der Waals surface area contributed by atoms with Crippen LogP contribution in [-0.4, -0.2) is 18.2 Å². The van der Waals surface area contributed by atoms with Crippen molar-refractivity contribution in [1.82, 2.24) is 4.98 Å². The number of hydrogen-bond acceptors (Lipinski definition) is 4. The molecule has 13 heavy (non-hydrogen) atoms. The average Bonchev–Trinajstić information content (AvgIpc) is 2.54. The van der Waals surface area contributed by atoms with Gasteiger partial charge in [-0.3, -0.25) is 0 Å². The molecule has 0 aliphatic rings. The summed E-state index contributed by atoms with van der Waals surface area (Å²) in [5.41, 5.74) is 0.874. The number of ether oxygens (including phenoxy) is 1. The van der Waals surface area contributed by atoms with Crippen LogP contribution >= 0.6 is 11.3 Å². The Bertz CT molecular complexity index is 290. The zero-order valence-corrected chi connectivity index (χ0v) is 8.43. The fourth-order valence-electron chi connectivity index (χ4n) is 0.930. The first-order valence-corrected chi connectivity index (χ1v) is 5.12. The summed E-state index contributed by atoms with van der Waals surface area (Å²) in [4.78, 5) is 4.29. The standard InChI is InChI=1S/C9H12N2OS/c1-2-12-6-4-9-11-8(3-5-10)7-13-9/h7H,2-4,6H2,1H3. The van der Waals surface area contributed by atoms with Gasteiger partial charge in [0.1, 0.15) is 0 Å². The molecule has 1 heterocycles. The maximum absolute atomic E-state index is 8.43. The molecule has 4 heteroatoms. The van der Waals surface area contributed by atoms with E-state index in [1.54, 1.807) is 11.3 Å². The number of thiazole rings is 1. The highest BCUT2D eigenvalue weighted by Gasteiger charge is 2.00. The quantitative estimate of drug-likeness (QED) is 0.674. The van der Waals surface area contributed by atoms with Crippen molar-refractivity contribution in [2.75, 3.05) is 13.2 Å². The minimum absolute atomic E-state index is 0.408. The molecule has 0 aliphatic heterocycles. The van der Waals surface area contributed by atoms with Crippen molar-refractivity contribution >= 4 is 11.3 Å². The predicted octanol–water partition coefficient (Wildman–Crippen LogP) is 1.79. The molecule has 1 aromatic heterocycles. The summed E-state index contributed by atoms with van der Waals surface area (Å²) in [6.45, 7) is 3.44. The van der Waals surface area contributed by atoms with Crippen LogP contribution in [0, 0.1) is 11.3 Å². The third-order valence-electron chi connectivity index (χ3n) is 1.52. The minimum Gasteiger partial charge on any atom is -0.381 e. The van der Waals surface area contributed by atoms with Crippen molar-refractivity contribution in [2.24, 2.45) is 0 Å². The topological polar surface area (TPSA) is 45.9 Å². The van der Waals surface area contributed by atoms with Gasteiger partial charge < -0.3 is 4.74 Å². The first-order valence-electron chi connectivity index (χ1n) is 4.24. The summed E-state index contributed by atoms with van der Waals surface area (Å²) in [5, 5.41) is 11.4. The number of hydrogen-bond donors (Lipinski definition) is 0. The Balaban J connectivity index is 2.36. The molecule has 0 aliphatic carbocycles. The van der Waals surface area contributed by atoms with Gasteiger partial charge in [0, 0.05) is 18.4 Å². The van der Waals surface area contributed by atoms with E-state index in [4.69, 9.17) is 10.00 Å². The molecule has 0 N–H and O–H groups in total. The molecule has 0 bridgehead atoms. The van der Waals surface area contributed by atoms with Crippen LogP contribution in [0.2, 0.25) is 0 Å². The predicted molar refractivity (Wildman–Crippen MR) is 51.6 cm³/mol. The molecule has 0 radical (unpaired) electrons. The Morgan fingerprint density at radius 1 is 1.69 bits per heavy atom. The highest BCUT2D eigenvalue weighted by Crippen LogP contribution is 2.10. The van der Waals surface area contributed by atoms with E-state index in [1.807, 2.05) is 12.3 Å². The van der Waals surface area contributed by atoms with E-state index in [2.05, 4.69) is 11.1 Å². The first kappa shape index (κ1) is 10.2. The van der Waals surface area contributed by atoms with Gasteiger partial charge in [-0.1, -0.05) is 0 Å². The van der Waals surface area contributed by atoms with E-state index < -0.39 is 0 Å². The highest BCUT2D eigenvalue weighted by atomic mass is 32.1. The van der Waals surface area contributed by atoms with E-state index in [-0.39, 0.29) is 0 Å². The lowest BCUT2D eigenvalue weighted by Gasteiger charge is -1.96. The van der Waals surface area contributed by atoms with E-state index >= 15 is 0 Å². The van der Waals surface area contributed by atoms with Gasteiger partial charge in [-0.15, -0.1) is 11.3 Å². The average molecular weight is 196 g/mol. The third kappa shape index (κ3) is 3.53. The molecule has 1 aromatic rings. The number of nitrogens with zero attached hydrogens (tertiary/aromatic N) is 2.